The molecular weight excluding hydrogens is 669 g/mol. The maximum Gasteiger partial charge on any atom is 0.414 e. The quantitative estimate of drug-likeness (QED) is 0.154. The third-order valence-corrected chi connectivity index (χ3v) is 8.32. The molecule has 4 heterocycles. The molecule has 0 amide bonds. The van der Waals surface area contributed by atoms with Crippen molar-refractivity contribution in [3.8, 4) is 5.75 Å². The van der Waals surface area contributed by atoms with Crippen molar-refractivity contribution < 1.29 is 49.1 Å². The van der Waals surface area contributed by atoms with Gasteiger partial charge in [0.05, 0.1) is 11.0 Å². The maximum atomic E-state index is 13.5. The van der Waals surface area contributed by atoms with Gasteiger partial charge in [-0.1, -0.05) is 18.2 Å². The van der Waals surface area contributed by atoms with Crippen LogP contribution in [0.25, 0.3) is 16.7 Å². The molecule has 2 aromatic carbocycles. The van der Waals surface area contributed by atoms with Crippen LogP contribution in [0.4, 0.5) is 4.39 Å². The zero-order chi connectivity index (χ0) is 37.2. The number of hydrogen-bond donors (Lipinski definition) is 5. The molecule has 5 aromatic rings. The van der Waals surface area contributed by atoms with Gasteiger partial charge in [-0.15, -0.1) is 0 Å². The molecule has 1 aliphatic rings. The lowest BCUT2D eigenvalue weighted by atomic mass is 9.93. The average Bonchev–Trinajstić information content (AvgIpc) is 3.41. The van der Waals surface area contributed by atoms with Gasteiger partial charge in [-0.25, -0.2) is 33.5 Å². The predicted octanol–water partition coefficient (Wildman–Crippen LogP) is 3.05. The second-order valence-electron chi connectivity index (χ2n) is 11.8. The van der Waals surface area contributed by atoms with Crippen molar-refractivity contribution in [2.24, 2.45) is 5.92 Å². The highest BCUT2D eigenvalue weighted by Crippen LogP contribution is 2.27. The van der Waals surface area contributed by atoms with Gasteiger partial charge >= 0.3 is 23.9 Å². The van der Waals surface area contributed by atoms with Crippen LogP contribution in [0.2, 0.25) is 0 Å². The number of hydrogen-bond acceptors (Lipinski definition) is 9. The van der Waals surface area contributed by atoms with Crippen molar-refractivity contribution in [2.45, 2.75) is 39.2 Å². The number of rotatable bonds is 7. The number of aryl methyl sites for hydroxylation is 1. The van der Waals surface area contributed by atoms with Crippen molar-refractivity contribution in [3.05, 3.63) is 106 Å². The molecule has 0 saturated carbocycles. The van der Waals surface area contributed by atoms with E-state index in [1.165, 1.54) is 12.1 Å². The second kappa shape index (κ2) is 17.0. The number of aliphatic carboxylic acids is 4. The minimum Gasteiger partial charge on any atom is -0.508 e. The lowest BCUT2D eigenvalue weighted by Gasteiger charge is -2.32. The van der Waals surface area contributed by atoms with E-state index in [1.54, 1.807) is 22.7 Å². The van der Waals surface area contributed by atoms with E-state index in [1.807, 2.05) is 43.3 Å². The summed E-state index contributed by atoms with van der Waals surface area (Å²) >= 11 is 0. The fourth-order valence-corrected chi connectivity index (χ4v) is 5.74. The first-order chi connectivity index (χ1) is 24.2. The Morgan fingerprint density at radius 3 is 2.10 bits per heavy atom. The number of nitrogens with zero attached hydrogens (tertiary/aromatic N) is 5. The minimum atomic E-state index is -1.82. The topological polar surface area (TPSA) is 225 Å². The van der Waals surface area contributed by atoms with E-state index >= 15 is 0 Å². The number of halogens is 1. The van der Waals surface area contributed by atoms with Crippen LogP contribution in [0.5, 0.6) is 5.75 Å². The number of carbonyl (C=O) groups is 4. The van der Waals surface area contributed by atoms with Crippen molar-refractivity contribution in [2.75, 3.05) is 19.6 Å². The Balaban J connectivity index is 0.000000420. The number of carboxylic acids is 4. The normalized spacial score (nSPS) is 13.1. The first-order valence-electron chi connectivity index (χ1n) is 15.8. The molecular formula is C35H36FN5O10. The number of carboxylic acid groups (broad SMARTS) is 4. The molecule has 5 N–H and O–H groups in total. The zero-order valence-corrected chi connectivity index (χ0v) is 27.5. The highest BCUT2D eigenvalue weighted by Gasteiger charge is 2.23. The third-order valence-electron chi connectivity index (χ3n) is 8.32. The van der Waals surface area contributed by atoms with Gasteiger partial charge in [0.1, 0.15) is 23.0 Å². The van der Waals surface area contributed by atoms with E-state index < -0.39 is 23.9 Å². The fraction of sp³-hybridized carbons (Fsp3) is 0.286. The van der Waals surface area contributed by atoms with Crippen molar-refractivity contribution in [1.29, 1.82) is 0 Å². The summed E-state index contributed by atoms with van der Waals surface area (Å²) in [7, 11) is 0. The Labute approximate surface area is 289 Å². The van der Waals surface area contributed by atoms with Crippen LogP contribution in [-0.2, 0) is 38.6 Å². The Bertz CT molecular complexity index is 2060. The molecule has 1 aliphatic heterocycles. The van der Waals surface area contributed by atoms with Gasteiger partial charge in [-0.2, -0.15) is 0 Å². The lowest BCUT2D eigenvalue weighted by molar-refractivity contribution is -0.159. The number of likely N-dealkylation sites (tertiary alicyclic amines) is 1. The molecule has 1 fully saturated rings. The maximum absolute atomic E-state index is 13.5. The molecule has 16 heteroatoms. The van der Waals surface area contributed by atoms with Crippen LogP contribution in [-0.4, -0.2) is 92.9 Å². The minimum absolute atomic E-state index is 0.0269. The number of aromatic nitrogens is 4. The van der Waals surface area contributed by atoms with Crippen LogP contribution in [0.15, 0.2) is 71.7 Å². The summed E-state index contributed by atoms with van der Waals surface area (Å²) in [6.45, 7) is 5.32. The summed E-state index contributed by atoms with van der Waals surface area (Å²) in [5.41, 5.74) is 5.06. The summed E-state index contributed by atoms with van der Waals surface area (Å²) in [6.07, 6.45) is 5.43. The fourth-order valence-electron chi connectivity index (χ4n) is 5.74. The third kappa shape index (κ3) is 10.2. The van der Waals surface area contributed by atoms with Gasteiger partial charge in [-0.05, 0) is 87.2 Å². The van der Waals surface area contributed by atoms with Crippen LogP contribution in [0.3, 0.4) is 0 Å². The predicted molar refractivity (Wildman–Crippen MR) is 180 cm³/mol. The molecule has 268 valence electrons. The van der Waals surface area contributed by atoms with Gasteiger partial charge < -0.3 is 35.0 Å². The number of piperidine rings is 1. The number of phenols is 1. The average molecular weight is 706 g/mol. The SMILES string of the molecule is Cc1nc2ccccn2c(=O)c1CCN1CCC(Cc2nc3cc(O)ccc3n2Cc2ccc(F)cc2)CC1.O=C(O)C(=O)O.O=C(O)C(=O)O. The van der Waals surface area contributed by atoms with E-state index in [-0.39, 0.29) is 17.1 Å². The van der Waals surface area contributed by atoms with Gasteiger partial charge in [0.2, 0.25) is 0 Å². The molecule has 0 atom stereocenters. The highest BCUT2D eigenvalue weighted by atomic mass is 19.1. The summed E-state index contributed by atoms with van der Waals surface area (Å²) in [4.78, 5) is 61.4. The van der Waals surface area contributed by atoms with Crippen molar-refractivity contribution >= 4 is 40.6 Å². The van der Waals surface area contributed by atoms with Crippen LogP contribution < -0.4 is 5.56 Å². The van der Waals surface area contributed by atoms with E-state index in [0.29, 0.717) is 24.5 Å². The Kier molecular flexibility index (Phi) is 12.5. The summed E-state index contributed by atoms with van der Waals surface area (Å²) < 4.78 is 17.3. The first kappa shape index (κ1) is 37.7. The lowest BCUT2D eigenvalue weighted by Crippen LogP contribution is -2.37. The van der Waals surface area contributed by atoms with E-state index in [9.17, 15) is 14.3 Å². The second-order valence-corrected chi connectivity index (χ2v) is 11.8. The Hall–Kier alpha value is -6.16. The number of fused-ring (bicyclic) bond motifs is 2. The number of phenolic OH excluding ortho intramolecular Hbond substituents is 1. The summed E-state index contributed by atoms with van der Waals surface area (Å²) in [5, 5.41) is 39.6. The number of benzene rings is 2. The smallest absolute Gasteiger partial charge is 0.414 e. The highest BCUT2D eigenvalue weighted by molar-refractivity contribution is 6.27. The monoisotopic (exact) mass is 705 g/mol. The van der Waals surface area contributed by atoms with Gasteiger partial charge in [0.25, 0.3) is 5.56 Å². The largest absolute Gasteiger partial charge is 0.508 e. The molecule has 1 saturated heterocycles. The van der Waals surface area contributed by atoms with Crippen molar-refractivity contribution in [3.63, 3.8) is 0 Å². The molecule has 0 aliphatic carbocycles. The molecule has 15 nitrogen and oxygen atoms in total. The van der Waals surface area contributed by atoms with Crippen LogP contribution in [0, 0.1) is 18.7 Å². The number of imidazole rings is 1. The Morgan fingerprint density at radius 1 is 0.863 bits per heavy atom. The number of pyridine rings is 1. The van der Waals surface area contributed by atoms with E-state index in [2.05, 4.69) is 14.5 Å². The Morgan fingerprint density at radius 2 is 1.49 bits per heavy atom. The van der Waals surface area contributed by atoms with E-state index in [4.69, 9.17) is 44.6 Å². The van der Waals surface area contributed by atoms with Gasteiger partial charge in [0.15, 0.2) is 0 Å². The molecule has 3 aromatic heterocycles. The molecule has 51 heavy (non-hydrogen) atoms. The molecule has 0 bridgehead atoms. The van der Waals surface area contributed by atoms with Gasteiger partial charge in [-0.3, -0.25) is 9.20 Å². The molecule has 0 radical (unpaired) electrons. The van der Waals surface area contributed by atoms with E-state index in [0.717, 1.165) is 72.6 Å². The van der Waals surface area contributed by atoms with Crippen LogP contribution in [0.1, 0.15) is 35.5 Å². The zero-order valence-electron chi connectivity index (χ0n) is 27.5. The molecule has 0 spiro atoms. The number of aromatic hydroxyl groups is 1. The standard InChI is InChI=1S/C31H32FN5O2.2C2H2O4/c1-21-26(31(39)36-14-3-2-4-29(36)33-21)13-17-35-15-11-22(12-16-35)18-30-34-27-19-25(38)9-10-28(27)37(30)20-23-5-7-24(32)8-6-23;2*3-1(4)2(5)6/h2-10,14,19,22,38H,11-13,15-18,20H2,1H3;2*(H,3,4)(H,5,6). The first-order valence-corrected chi connectivity index (χ1v) is 15.8. The van der Waals surface area contributed by atoms with Crippen LogP contribution >= 0.6 is 0 Å². The molecule has 6 rings (SSSR count). The van der Waals surface area contributed by atoms with Gasteiger partial charge in [0, 0.05) is 43.0 Å². The summed E-state index contributed by atoms with van der Waals surface area (Å²) in [5.74, 6) is -5.86. The molecule has 0 unspecified atom stereocenters. The summed E-state index contributed by atoms with van der Waals surface area (Å²) in [6, 6.07) is 17.5. The van der Waals surface area contributed by atoms with Crippen molar-refractivity contribution in [1.82, 2.24) is 23.8 Å².